The standard InChI is InChI=1S/C14H18BrN5O2/c1-8-17-13(19-14(18-8)20(2)3)16-7-9-5-12(22-4)11(21)6-10(9)15/h5-6,21H,7H2,1-4H3,(H,16,17,18,19). The van der Waals surface area contributed by atoms with Gasteiger partial charge in [-0.05, 0) is 24.6 Å². The van der Waals surface area contributed by atoms with Gasteiger partial charge in [0.15, 0.2) is 11.5 Å². The Hall–Kier alpha value is -2.09. The second-order valence-corrected chi connectivity index (χ2v) is 5.72. The summed E-state index contributed by atoms with van der Waals surface area (Å²) in [6, 6.07) is 3.35. The molecule has 0 saturated heterocycles. The molecule has 0 radical (unpaired) electrons. The number of nitrogens with zero attached hydrogens (tertiary/aromatic N) is 4. The highest BCUT2D eigenvalue weighted by Crippen LogP contribution is 2.32. The molecule has 0 saturated carbocycles. The molecule has 0 amide bonds. The Labute approximate surface area is 137 Å². The van der Waals surface area contributed by atoms with E-state index in [1.807, 2.05) is 25.9 Å². The Morgan fingerprint density at radius 1 is 1.27 bits per heavy atom. The number of phenolic OH excluding ortho intramolecular Hbond substituents is 1. The van der Waals surface area contributed by atoms with Gasteiger partial charge in [0.05, 0.1) is 7.11 Å². The number of phenols is 1. The van der Waals surface area contributed by atoms with Crippen LogP contribution in [0, 0.1) is 6.92 Å². The number of aromatic nitrogens is 3. The number of hydrogen-bond acceptors (Lipinski definition) is 7. The Bertz CT molecular complexity index is 679. The third-order valence-corrected chi connectivity index (χ3v) is 3.66. The van der Waals surface area contributed by atoms with Gasteiger partial charge in [0.2, 0.25) is 11.9 Å². The second kappa shape index (κ2) is 6.78. The van der Waals surface area contributed by atoms with Crippen LogP contribution in [0.25, 0.3) is 0 Å². The fourth-order valence-corrected chi connectivity index (χ4v) is 2.28. The van der Waals surface area contributed by atoms with E-state index in [4.69, 9.17) is 4.74 Å². The first kappa shape index (κ1) is 16.3. The molecule has 0 bridgehead atoms. The largest absolute Gasteiger partial charge is 0.504 e. The molecule has 2 aromatic rings. The van der Waals surface area contributed by atoms with Crippen molar-refractivity contribution >= 4 is 27.8 Å². The lowest BCUT2D eigenvalue weighted by molar-refractivity contribution is 0.372. The molecule has 118 valence electrons. The molecular formula is C14H18BrN5O2. The van der Waals surface area contributed by atoms with Crippen molar-refractivity contribution < 1.29 is 9.84 Å². The predicted octanol–water partition coefficient (Wildman–Crippen LogP) is 2.33. The van der Waals surface area contributed by atoms with Gasteiger partial charge < -0.3 is 20.1 Å². The number of anilines is 2. The van der Waals surface area contributed by atoms with E-state index >= 15 is 0 Å². The molecule has 0 aliphatic rings. The third-order valence-electron chi connectivity index (χ3n) is 2.92. The molecule has 1 aromatic carbocycles. The van der Waals surface area contributed by atoms with Gasteiger partial charge in [-0.2, -0.15) is 15.0 Å². The number of hydrogen-bond donors (Lipinski definition) is 2. The van der Waals surface area contributed by atoms with Crippen LogP contribution in [-0.2, 0) is 6.54 Å². The van der Waals surface area contributed by atoms with E-state index in [1.165, 1.54) is 7.11 Å². The third kappa shape index (κ3) is 3.76. The summed E-state index contributed by atoms with van der Waals surface area (Å²) in [6.45, 7) is 2.30. The van der Waals surface area contributed by atoms with Gasteiger partial charge >= 0.3 is 0 Å². The first-order chi connectivity index (χ1) is 10.4. The van der Waals surface area contributed by atoms with Crippen molar-refractivity contribution in [1.29, 1.82) is 0 Å². The molecule has 7 nitrogen and oxygen atoms in total. The van der Waals surface area contributed by atoms with Crippen molar-refractivity contribution in [3.05, 3.63) is 28.0 Å². The highest BCUT2D eigenvalue weighted by molar-refractivity contribution is 9.10. The quantitative estimate of drug-likeness (QED) is 0.838. The highest BCUT2D eigenvalue weighted by Gasteiger charge is 2.10. The molecule has 2 N–H and O–H groups in total. The van der Waals surface area contributed by atoms with Crippen LogP contribution in [0.5, 0.6) is 11.5 Å². The van der Waals surface area contributed by atoms with Gasteiger partial charge in [-0.1, -0.05) is 15.9 Å². The van der Waals surface area contributed by atoms with Crippen molar-refractivity contribution in [3.63, 3.8) is 0 Å². The van der Waals surface area contributed by atoms with E-state index in [9.17, 15) is 5.11 Å². The highest BCUT2D eigenvalue weighted by atomic mass is 79.9. The molecule has 1 aromatic heterocycles. The van der Waals surface area contributed by atoms with E-state index in [0.717, 1.165) is 10.0 Å². The van der Waals surface area contributed by atoms with Gasteiger partial charge in [-0.3, -0.25) is 0 Å². The summed E-state index contributed by atoms with van der Waals surface area (Å²) in [4.78, 5) is 14.7. The Morgan fingerprint density at radius 3 is 2.64 bits per heavy atom. The number of methoxy groups -OCH3 is 1. The molecular weight excluding hydrogens is 350 g/mol. The summed E-state index contributed by atoms with van der Waals surface area (Å²) in [5.41, 5.74) is 0.916. The van der Waals surface area contributed by atoms with Gasteiger partial charge in [0, 0.05) is 25.1 Å². The van der Waals surface area contributed by atoms with Crippen LogP contribution in [-0.4, -0.2) is 41.3 Å². The number of aryl methyl sites for hydroxylation is 1. The fourth-order valence-electron chi connectivity index (χ4n) is 1.81. The summed E-state index contributed by atoms with van der Waals surface area (Å²) >= 11 is 3.42. The molecule has 0 atom stereocenters. The molecule has 0 fully saturated rings. The van der Waals surface area contributed by atoms with E-state index < -0.39 is 0 Å². The van der Waals surface area contributed by atoms with E-state index in [-0.39, 0.29) is 5.75 Å². The Morgan fingerprint density at radius 2 is 2.00 bits per heavy atom. The van der Waals surface area contributed by atoms with Crippen LogP contribution < -0.4 is 15.0 Å². The maximum absolute atomic E-state index is 9.72. The molecule has 0 unspecified atom stereocenters. The average molecular weight is 368 g/mol. The van der Waals surface area contributed by atoms with Crippen LogP contribution in [0.2, 0.25) is 0 Å². The van der Waals surface area contributed by atoms with Crippen LogP contribution in [0.4, 0.5) is 11.9 Å². The number of rotatable bonds is 5. The van der Waals surface area contributed by atoms with Crippen molar-refractivity contribution in [2.75, 3.05) is 31.4 Å². The number of aromatic hydroxyl groups is 1. The van der Waals surface area contributed by atoms with Gasteiger partial charge in [0.25, 0.3) is 0 Å². The second-order valence-electron chi connectivity index (χ2n) is 4.87. The lowest BCUT2D eigenvalue weighted by Gasteiger charge is -2.13. The minimum atomic E-state index is 0.0871. The lowest BCUT2D eigenvalue weighted by atomic mass is 10.2. The predicted molar refractivity (Wildman–Crippen MR) is 88.6 cm³/mol. The van der Waals surface area contributed by atoms with Gasteiger partial charge in [0.1, 0.15) is 5.82 Å². The molecule has 0 spiro atoms. The van der Waals surface area contributed by atoms with Crippen LogP contribution >= 0.6 is 15.9 Å². The monoisotopic (exact) mass is 367 g/mol. The van der Waals surface area contributed by atoms with Crippen molar-refractivity contribution in [2.45, 2.75) is 13.5 Å². The van der Waals surface area contributed by atoms with Gasteiger partial charge in [-0.25, -0.2) is 0 Å². The number of ether oxygens (including phenoxy) is 1. The van der Waals surface area contributed by atoms with E-state index in [2.05, 4.69) is 36.2 Å². The minimum Gasteiger partial charge on any atom is -0.504 e. The van der Waals surface area contributed by atoms with Crippen LogP contribution in [0.3, 0.4) is 0 Å². The molecule has 8 heteroatoms. The van der Waals surface area contributed by atoms with E-state index in [1.54, 1.807) is 12.1 Å². The summed E-state index contributed by atoms with van der Waals surface area (Å²) in [5.74, 6) is 2.24. The SMILES string of the molecule is COc1cc(CNc2nc(C)nc(N(C)C)n2)c(Br)cc1O. The average Bonchev–Trinajstić information content (AvgIpc) is 2.45. The molecule has 0 aliphatic carbocycles. The van der Waals surface area contributed by atoms with Crippen LogP contribution in [0.15, 0.2) is 16.6 Å². The number of benzene rings is 1. The first-order valence-electron chi connectivity index (χ1n) is 6.60. The maximum atomic E-state index is 9.72. The normalized spacial score (nSPS) is 10.4. The molecule has 2 rings (SSSR count). The zero-order valence-electron chi connectivity index (χ0n) is 12.9. The zero-order chi connectivity index (χ0) is 16.3. The zero-order valence-corrected chi connectivity index (χ0v) is 14.5. The molecule has 22 heavy (non-hydrogen) atoms. The van der Waals surface area contributed by atoms with Crippen LogP contribution in [0.1, 0.15) is 11.4 Å². The smallest absolute Gasteiger partial charge is 0.229 e. The van der Waals surface area contributed by atoms with Gasteiger partial charge in [-0.15, -0.1) is 0 Å². The van der Waals surface area contributed by atoms with Crippen molar-refractivity contribution in [3.8, 4) is 11.5 Å². The van der Waals surface area contributed by atoms with E-state index in [0.29, 0.717) is 30.0 Å². The Kier molecular flexibility index (Phi) is 5.02. The van der Waals surface area contributed by atoms with Crippen molar-refractivity contribution in [2.24, 2.45) is 0 Å². The summed E-state index contributed by atoms with van der Waals surface area (Å²) in [6.07, 6.45) is 0. The summed E-state index contributed by atoms with van der Waals surface area (Å²) in [7, 11) is 5.26. The minimum absolute atomic E-state index is 0.0871. The lowest BCUT2D eigenvalue weighted by Crippen LogP contribution is -2.16. The fraction of sp³-hybridized carbons (Fsp3) is 0.357. The Balaban J connectivity index is 2.20. The topological polar surface area (TPSA) is 83.4 Å². The summed E-state index contributed by atoms with van der Waals surface area (Å²) < 4.78 is 5.89. The maximum Gasteiger partial charge on any atom is 0.229 e. The molecule has 0 aliphatic heterocycles. The number of halogens is 1. The molecule has 1 heterocycles. The summed E-state index contributed by atoms with van der Waals surface area (Å²) in [5, 5.41) is 12.9. The number of nitrogens with one attached hydrogen (secondary N) is 1. The first-order valence-corrected chi connectivity index (χ1v) is 7.39. The van der Waals surface area contributed by atoms with Crippen molar-refractivity contribution in [1.82, 2.24) is 15.0 Å².